The smallest absolute Gasteiger partial charge is 0.338 e. The van der Waals surface area contributed by atoms with Crippen LogP contribution in [0.2, 0.25) is 0 Å². The molecule has 1 aromatic carbocycles. The zero-order valence-corrected chi connectivity index (χ0v) is 19.2. The van der Waals surface area contributed by atoms with Crippen LogP contribution in [0, 0.1) is 0 Å². The number of thioether (sulfide) groups is 1. The lowest BCUT2D eigenvalue weighted by Crippen LogP contribution is -2.39. The van der Waals surface area contributed by atoms with Crippen LogP contribution < -0.4 is 14.9 Å². The number of allylic oxidation sites excluding steroid dienone is 1. The lowest BCUT2D eigenvalue weighted by atomic mass is 10.0. The van der Waals surface area contributed by atoms with Crippen LogP contribution >= 0.6 is 34.4 Å². The van der Waals surface area contributed by atoms with E-state index >= 15 is 0 Å². The molecule has 4 rings (SSSR count). The van der Waals surface area contributed by atoms with Crippen molar-refractivity contribution in [3.05, 3.63) is 83.2 Å². The molecule has 0 spiro atoms. The predicted molar refractivity (Wildman–Crippen MR) is 123 cm³/mol. The number of thiazole rings is 1. The molecule has 1 aliphatic rings. The minimum absolute atomic E-state index is 0.152. The van der Waals surface area contributed by atoms with E-state index in [0.29, 0.717) is 20.6 Å². The Kier molecular flexibility index (Phi) is 6.08. The molecule has 5 nitrogen and oxygen atoms in total. The summed E-state index contributed by atoms with van der Waals surface area (Å²) in [6, 6.07) is 11.4. The monoisotopic (exact) mass is 456 g/mol. The van der Waals surface area contributed by atoms with Gasteiger partial charge in [-0.25, -0.2) is 9.79 Å². The molecule has 1 aliphatic heterocycles. The first-order valence-electron chi connectivity index (χ1n) is 9.40. The van der Waals surface area contributed by atoms with Gasteiger partial charge in [0.15, 0.2) is 4.80 Å². The standard InChI is InChI=1S/C22H20N2O3S3/c1-4-27-21(26)18-13(2)23-22-24(19(18)16-6-5-11-29-16)20(25)17(30-22)12-14-7-9-15(28-3)10-8-14/h5-12,19H,4H2,1-3H3/b17-12+/t19-/m1/s1. The molecule has 0 amide bonds. The summed E-state index contributed by atoms with van der Waals surface area (Å²) in [5.74, 6) is -0.431. The molecule has 3 aromatic rings. The number of carbonyl (C=O) groups is 1. The molecular weight excluding hydrogens is 436 g/mol. The van der Waals surface area contributed by atoms with E-state index in [9.17, 15) is 9.59 Å². The van der Waals surface area contributed by atoms with Crippen molar-refractivity contribution in [2.75, 3.05) is 12.9 Å². The normalized spacial score (nSPS) is 16.4. The van der Waals surface area contributed by atoms with Crippen molar-refractivity contribution in [2.45, 2.75) is 24.8 Å². The van der Waals surface area contributed by atoms with E-state index in [-0.39, 0.29) is 12.2 Å². The number of nitrogens with zero attached hydrogens (tertiary/aromatic N) is 2. The molecule has 0 aliphatic carbocycles. The van der Waals surface area contributed by atoms with Gasteiger partial charge in [-0.1, -0.05) is 29.5 Å². The fraction of sp³-hybridized carbons (Fsp3) is 0.227. The molecule has 8 heteroatoms. The van der Waals surface area contributed by atoms with Gasteiger partial charge in [-0.05, 0) is 55.3 Å². The Hall–Kier alpha value is -2.42. The van der Waals surface area contributed by atoms with Crippen molar-refractivity contribution in [1.29, 1.82) is 0 Å². The van der Waals surface area contributed by atoms with Crippen LogP contribution in [0.1, 0.15) is 30.3 Å². The number of hydrogen-bond donors (Lipinski definition) is 0. The van der Waals surface area contributed by atoms with Crippen LogP contribution in [0.5, 0.6) is 0 Å². The second-order valence-electron chi connectivity index (χ2n) is 6.59. The van der Waals surface area contributed by atoms with Gasteiger partial charge in [0.2, 0.25) is 0 Å². The third-order valence-electron chi connectivity index (χ3n) is 4.74. The average molecular weight is 457 g/mol. The Bertz CT molecular complexity index is 1280. The van der Waals surface area contributed by atoms with Gasteiger partial charge in [-0.3, -0.25) is 9.36 Å². The SMILES string of the molecule is CCOC(=O)C1=C(C)N=c2s/c(=C/c3ccc(SC)cc3)c(=O)n2[C@@H]1c1cccs1. The molecule has 0 fully saturated rings. The van der Waals surface area contributed by atoms with Crippen LogP contribution in [0.15, 0.2) is 67.7 Å². The Morgan fingerprint density at radius 3 is 2.70 bits per heavy atom. The van der Waals surface area contributed by atoms with Crippen molar-refractivity contribution in [3.8, 4) is 0 Å². The first kappa shape index (κ1) is 20.8. The number of rotatable bonds is 5. The van der Waals surface area contributed by atoms with Crippen LogP contribution in [0.25, 0.3) is 6.08 Å². The van der Waals surface area contributed by atoms with Crippen LogP contribution in [-0.2, 0) is 9.53 Å². The maximum absolute atomic E-state index is 13.4. The summed E-state index contributed by atoms with van der Waals surface area (Å²) in [6.07, 6.45) is 3.91. The summed E-state index contributed by atoms with van der Waals surface area (Å²) >= 11 is 4.52. The zero-order valence-electron chi connectivity index (χ0n) is 16.7. The van der Waals surface area contributed by atoms with Crippen molar-refractivity contribution < 1.29 is 9.53 Å². The first-order valence-corrected chi connectivity index (χ1v) is 12.3. The Balaban J connectivity index is 1.90. The second-order valence-corrected chi connectivity index (χ2v) is 9.46. The molecule has 2 aromatic heterocycles. The van der Waals surface area contributed by atoms with Gasteiger partial charge < -0.3 is 4.74 Å². The van der Waals surface area contributed by atoms with Gasteiger partial charge in [-0.2, -0.15) is 0 Å². The lowest BCUT2D eigenvalue weighted by Gasteiger charge is -2.23. The largest absolute Gasteiger partial charge is 0.463 e. The number of fused-ring (bicyclic) bond motifs is 1. The minimum atomic E-state index is -0.527. The van der Waals surface area contributed by atoms with E-state index in [4.69, 9.17) is 4.74 Å². The molecule has 30 heavy (non-hydrogen) atoms. The lowest BCUT2D eigenvalue weighted by molar-refractivity contribution is -0.139. The highest BCUT2D eigenvalue weighted by Crippen LogP contribution is 2.33. The van der Waals surface area contributed by atoms with Crippen LogP contribution in [0.3, 0.4) is 0 Å². The van der Waals surface area contributed by atoms with Crippen molar-refractivity contribution in [2.24, 2.45) is 4.99 Å². The molecule has 3 heterocycles. The Morgan fingerprint density at radius 1 is 1.30 bits per heavy atom. The van der Waals surface area contributed by atoms with Gasteiger partial charge in [0, 0.05) is 9.77 Å². The number of hydrogen-bond acceptors (Lipinski definition) is 7. The summed E-state index contributed by atoms with van der Waals surface area (Å²) in [5.41, 5.74) is 1.80. The van der Waals surface area contributed by atoms with Crippen molar-refractivity contribution in [1.82, 2.24) is 4.57 Å². The van der Waals surface area contributed by atoms with E-state index in [1.54, 1.807) is 30.2 Å². The summed E-state index contributed by atoms with van der Waals surface area (Å²) in [4.78, 5) is 33.4. The highest BCUT2D eigenvalue weighted by Gasteiger charge is 2.33. The van der Waals surface area contributed by atoms with Gasteiger partial charge in [-0.15, -0.1) is 23.1 Å². The summed E-state index contributed by atoms with van der Waals surface area (Å²) in [7, 11) is 0. The molecule has 154 valence electrons. The number of ether oxygens (including phenoxy) is 1. The molecular formula is C22H20N2O3S3. The quantitative estimate of drug-likeness (QED) is 0.435. The maximum atomic E-state index is 13.4. The topological polar surface area (TPSA) is 60.7 Å². The van der Waals surface area contributed by atoms with Gasteiger partial charge in [0.25, 0.3) is 5.56 Å². The maximum Gasteiger partial charge on any atom is 0.338 e. The fourth-order valence-corrected chi connectivity index (χ4v) is 5.64. The Labute approximate surface area is 186 Å². The number of thiophene rings is 1. The summed E-state index contributed by atoms with van der Waals surface area (Å²) < 4.78 is 7.50. The van der Waals surface area contributed by atoms with Crippen molar-refractivity contribution >= 4 is 46.5 Å². The van der Waals surface area contributed by atoms with Gasteiger partial charge in [0.1, 0.15) is 6.04 Å². The van der Waals surface area contributed by atoms with Crippen molar-refractivity contribution in [3.63, 3.8) is 0 Å². The molecule has 0 N–H and O–H groups in total. The van der Waals surface area contributed by atoms with E-state index in [2.05, 4.69) is 4.99 Å². The third-order valence-corrected chi connectivity index (χ3v) is 7.39. The molecule has 1 atom stereocenters. The fourth-order valence-electron chi connectivity index (χ4n) is 3.36. The number of aromatic nitrogens is 1. The van der Waals surface area contributed by atoms with Crippen LogP contribution in [-0.4, -0.2) is 23.4 Å². The minimum Gasteiger partial charge on any atom is -0.463 e. The highest BCUT2D eigenvalue weighted by molar-refractivity contribution is 7.98. The molecule has 0 radical (unpaired) electrons. The number of esters is 1. The predicted octanol–water partition coefficient (Wildman–Crippen LogP) is 3.58. The molecule has 0 saturated carbocycles. The molecule has 0 saturated heterocycles. The van der Waals surface area contributed by atoms with E-state index in [1.807, 2.05) is 54.1 Å². The van der Waals surface area contributed by atoms with Gasteiger partial charge >= 0.3 is 5.97 Å². The van der Waals surface area contributed by atoms with Crippen LogP contribution in [0.4, 0.5) is 0 Å². The second kappa shape index (κ2) is 8.75. The number of benzene rings is 1. The number of carbonyl (C=O) groups excluding carboxylic acids is 1. The summed E-state index contributed by atoms with van der Waals surface area (Å²) in [5, 5.41) is 1.94. The summed E-state index contributed by atoms with van der Waals surface area (Å²) in [6.45, 7) is 3.83. The van der Waals surface area contributed by atoms with Gasteiger partial charge in [0.05, 0.1) is 22.4 Å². The third kappa shape index (κ3) is 3.82. The van der Waals surface area contributed by atoms with E-state index < -0.39 is 12.0 Å². The molecule has 0 unspecified atom stereocenters. The highest BCUT2D eigenvalue weighted by atomic mass is 32.2. The van der Waals surface area contributed by atoms with E-state index in [0.717, 1.165) is 10.4 Å². The zero-order chi connectivity index (χ0) is 21.3. The van der Waals surface area contributed by atoms with E-state index in [1.165, 1.54) is 27.6 Å². The first-order chi connectivity index (χ1) is 14.5. The average Bonchev–Trinajstić information content (AvgIpc) is 3.37. The Morgan fingerprint density at radius 2 is 2.07 bits per heavy atom. The molecule has 0 bridgehead atoms.